The van der Waals surface area contributed by atoms with Crippen molar-refractivity contribution in [2.45, 2.75) is 31.7 Å². The lowest BCUT2D eigenvalue weighted by Crippen LogP contribution is -2.42. The number of hydrogen-bond donors (Lipinski definition) is 1. The van der Waals surface area contributed by atoms with Gasteiger partial charge in [-0.3, -0.25) is 4.79 Å². The number of benzene rings is 1. The zero-order valence-electron chi connectivity index (χ0n) is 18.4. The van der Waals surface area contributed by atoms with Crippen molar-refractivity contribution >= 4 is 5.91 Å². The third-order valence-electron chi connectivity index (χ3n) is 6.59. The van der Waals surface area contributed by atoms with Gasteiger partial charge in [-0.25, -0.2) is 4.98 Å². The molecule has 2 aliphatic heterocycles. The highest BCUT2D eigenvalue weighted by Gasteiger charge is 2.31. The number of nitrogens with zero attached hydrogens (tertiary/aromatic N) is 6. The van der Waals surface area contributed by atoms with E-state index < -0.39 is 0 Å². The Morgan fingerprint density at radius 2 is 1.85 bits per heavy atom. The van der Waals surface area contributed by atoms with Crippen LogP contribution < -0.4 is 0 Å². The highest BCUT2D eigenvalue weighted by Crippen LogP contribution is 2.31. The highest BCUT2D eigenvalue weighted by atomic mass is 16.3. The van der Waals surface area contributed by atoms with Crippen molar-refractivity contribution < 1.29 is 9.90 Å². The van der Waals surface area contributed by atoms with Crippen LogP contribution in [-0.4, -0.2) is 67.8 Å². The number of likely N-dealkylation sites (tertiary alicyclic amines) is 2. The van der Waals surface area contributed by atoms with Crippen LogP contribution in [-0.2, 0) is 0 Å². The van der Waals surface area contributed by atoms with Gasteiger partial charge in [0.1, 0.15) is 0 Å². The molecule has 0 spiro atoms. The Kier molecular flexibility index (Phi) is 5.80. The van der Waals surface area contributed by atoms with Crippen molar-refractivity contribution in [3.05, 3.63) is 59.9 Å². The summed E-state index contributed by atoms with van der Waals surface area (Å²) in [6.07, 6.45) is 7.70. The third-order valence-corrected chi connectivity index (χ3v) is 6.59. The first kappa shape index (κ1) is 21.2. The average Bonchev–Trinajstić information content (AvgIpc) is 3.61. The standard InChI is InChI=1S/C25H26N6O2/c26-14-18-5-7-19(8-6-18)22-16-28-31(25(22)33)23-10-9-20(15-27-23)24(32)30-13-3-4-21(30)17-29-11-1-2-12-29/h5-10,15-16,21,33H,1-4,11-13,17H2/t21-/m1/s1. The Bertz CT molecular complexity index is 1170. The van der Waals surface area contributed by atoms with Crippen molar-refractivity contribution in [3.8, 4) is 28.9 Å². The van der Waals surface area contributed by atoms with Gasteiger partial charge in [-0.1, -0.05) is 12.1 Å². The van der Waals surface area contributed by atoms with Gasteiger partial charge in [-0.15, -0.1) is 0 Å². The Morgan fingerprint density at radius 1 is 1.06 bits per heavy atom. The minimum absolute atomic E-state index is 0.0127. The zero-order valence-corrected chi connectivity index (χ0v) is 18.4. The summed E-state index contributed by atoms with van der Waals surface area (Å²) >= 11 is 0. The molecule has 2 fully saturated rings. The van der Waals surface area contributed by atoms with E-state index in [1.165, 1.54) is 17.5 Å². The molecule has 1 amide bonds. The third kappa shape index (κ3) is 4.20. The quantitative estimate of drug-likeness (QED) is 0.652. The molecule has 0 saturated carbocycles. The molecule has 8 nitrogen and oxygen atoms in total. The Hall–Kier alpha value is -3.70. The molecule has 33 heavy (non-hydrogen) atoms. The van der Waals surface area contributed by atoms with Crippen LogP contribution in [0.2, 0.25) is 0 Å². The van der Waals surface area contributed by atoms with Crippen LogP contribution in [0, 0.1) is 11.3 Å². The fourth-order valence-electron chi connectivity index (χ4n) is 4.80. The Morgan fingerprint density at radius 3 is 2.55 bits per heavy atom. The van der Waals surface area contributed by atoms with Crippen molar-refractivity contribution in [1.29, 1.82) is 5.26 Å². The molecule has 1 aromatic carbocycles. The van der Waals surface area contributed by atoms with Gasteiger partial charge in [0.15, 0.2) is 5.82 Å². The topological polar surface area (TPSA) is 98.3 Å². The molecule has 2 aliphatic rings. The first-order chi connectivity index (χ1) is 16.1. The normalized spacial score (nSPS) is 18.5. The number of aromatic nitrogens is 3. The molecule has 168 valence electrons. The molecule has 3 aromatic rings. The van der Waals surface area contributed by atoms with E-state index in [-0.39, 0.29) is 17.8 Å². The fraction of sp³-hybridized carbons (Fsp3) is 0.360. The second-order valence-corrected chi connectivity index (χ2v) is 8.69. The first-order valence-corrected chi connectivity index (χ1v) is 11.4. The smallest absolute Gasteiger partial charge is 0.255 e. The van der Waals surface area contributed by atoms with Gasteiger partial charge >= 0.3 is 0 Å². The number of nitriles is 1. The van der Waals surface area contributed by atoms with Gasteiger partial charge in [-0.05, 0) is 68.6 Å². The van der Waals surface area contributed by atoms with Gasteiger partial charge in [-0.2, -0.15) is 15.0 Å². The Balaban J connectivity index is 1.32. The minimum Gasteiger partial charge on any atom is -0.493 e. The number of carbonyl (C=O) groups excluding carboxylic acids is 1. The van der Waals surface area contributed by atoms with Gasteiger partial charge in [0.2, 0.25) is 5.88 Å². The monoisotopic (exact) mass is 442 g/mol. The summed E-state index contributed by atoms with van der Waals surface area (Å²) in [7, 11) is 0. The van der Waals surface area contributed by atoms with Crippen molar-refractivity contribution in [3.63, 3.8) is 0 Å². The lowest BCUT2D eigenvalue weighted by molar-refractivity contribution is 0.0708. The van der Waals surface area contributed by atoms with E-state index in [9.17, 15) is 9.90 Å². The maximum absolute atomic E-state index is 13.2. The van der Waals surface area contributed by atoms with Gasteiger partial charge in [0.05, 0.1) is 29.0 Å². The van der Waals surface area contributed by atoms with Crippen molar-refractivity contribution in [2.24, 2.45) is 0 Å². The molecule has 0 unspecified atom stereocenters. The van der Waals surface area contributed by atoms with Gasteiger partial charge < -0.3 is 14.9 Å². The van der Waals surface area contributed by atoms with Gasteiger partial charge in [0.25, 0.3) is 5.91 Å². The maximum atomic E-state index is 13.2. The van der Waals surface area contributed by atoms with E-state index in [4.69, 9.17) is 5.26 Å². The van der Waals surface area contributed by atoms with Crippen LogP contribution in [0.5, 0.6) is 5.88 Å². The first-order valence-electron chi connectivity index (χ1n) is 11.4. The van der Waals surface area contributed by atoms with E-state index in [0.29, 0.717) is 22.5 Å². The predicted octanol–water partition coefficient (Wildman–Crippen LogP) is 3.21. The number of aromatic hydroxyl groups is 1. The van der Waals surface area contributed by atoms with Crippen LogP contribution in [0.25, 0.3) is 16.9 Å². The molecular weight excluding hydrogens is 416 g/mol. The minimum atomic E-state index is -0.0449. The summed E-state index contributed by atoms with van der Waals surface area (Å²) in [5.74, 6) is 0.397. The molecule has 0 radical (unpaired) electrons. The van der Waals surface area contributed by atoms with Crippen molar-refractivity contribution in [2.75, 3.05) is 26.2 Å². The van der Waals surface area contributed by atoms with E-state index >= 15 is 0 Å². The van der Waals surface area contributed by atoms with Crippen molar-refractivity contribution in [1.82, 2.24) is 24.6 Å². The summed E-state index contributed by atoms with van der Waals surface area (Å²) in [4.78, 5) is 22.0. The second-order valence-electron chi connectivity index (χ2n) is 8.69. The predicted molar refractivity (Wildman–Crippen MR) is 123 cm³/mol. The molecular formula is C25H26N6O2. The van der Waals surface area contributed by atoms with E-state index in [1.54, 1.807) is 48.8 Å². The fourth-order valence-corrected chi connectivity index (χ4v) is 4.80. The number of rotatable bonds is 5. The van der Waals surface area contributed by atoms with Crippen LogP contribution >= 0.6 is 0 Å². The molecule has 0 bridgehead atoms. The van der Waals surface area contributed by atoms with Crippen LogP contribution in [0.1, 0.15) is 41.6 Å². The lowest BCUT2D eigenvalue weighted by Gasteiger charge is -2.28. The summed E-state index contributed by atoms with van der Waals surface area (Å²) in [5, 5.41) is 23.9. The van der Waals surface area contributed by atoms with E-state index in [2.05, 4.69) is 21.1 Å². The molecule has 0 aliphatic carbocycles. The molecule has 2 aromatic heterocycles. The summed E-state index contributed by atoms with van der Waals surface area (Å²) in [6, 6.07) is 12.7. The second kappa shape index (κ2) is 9.04. The largest absolute Gasteiger partial charge is 0.493 e. The van der Waals surface area contributed by atoms with E-state index in [0.717, 1.165) is 44.6 Å². The summed E-state index contributed by atoms with van der Waals surface area (Å²) in [5.41, 5.74) is 2.39. The molecule has 8 heteroatoms. The lowest BCUT2D eigenvalue weighted by atomic mass is 10.1. The number of hydrogen-bond acceptors (Lipinski definition) is 6. The van der Waals surface area contributed by atoms with Crippen LogP contribution in [0.15, 0.2) is 48.8 Å². The molecule has 4 heterocycles. The summed E-state index contributed by atoms with van der Waals surface area (Å²) < 4.78 is 1.34. The Labute approximate surface area is 192 Å². The molecule has 2 saturated heterocycles. The SMILES string of the molecule is N#Cc1ccc(-c2cnn(-c3ccc(C(=O)N4CCC[C@@H]4CN4CCCC4)cn3)c2O)cc1. The average molecular weight is 443 g/mol. The molecule has 1 atom stereocenters. The molecule has 1 N–H and O–H groups in total. The number of pyridine rings is 1. The number of carbonyl (C=O) groups is 1. The van der Waals surface area contributed by atoms with E-state index in [1.807, 2.05) is 4.90 Å². The maximum Gasteiger partial charge on any atom is 0.255 e. The van der Waals surface area contributed by atoms with Crippen LogP contribution in [0.4, 0.5) is 0 Å². The number of amides is 1. The zero-order chi connectivity index (χ0) is 22.8. The molecule has 5 rings (SSSR count). The van der Waals surface area contributed by atoms with Crippen LogP contribution in [0.3, 0.4) is 0 Å². The van der Waals surface area contributed by atoms with Gasteiger partial charge in [0, 0.05) is 25.3 Å². The summed E-state index contributed by atoms with van der Waals surface area (Å²) in [6.45, 7) is 4.00. The highest BCUT2D eigenvalue weighted by molar-refractivity contribution is 5.94.